The zero-order chi connectivity index (χ0) is 14.9. The second-order valence-corrected chi connectivity index (χ2v) is 7.00. The van der Waals surface area contributed by atoms with Crippen LogP contribution in [0.25, 0.3) is 0 Å². The van der Waals surface area contributed by atoms with Crippen molar-refractivity contribution in [3.05, 3.63) is 11.4 Å². The number of thioether (sulfide) groups is 1. The first kappa shape index (κ1) is 14.8. The summed E-state index contributed by atoms with van der Waals surface area (Å²) in [5.41, 5.74) is 0.793. The van der Waals surface area contributed by atoms with Crippen molar-refractivity contribution in [2.75, 3.05) is 18.1 Å². The number of hydrogen-bond acceptors (Lipinski definition) is 5. The summed E-state index contributed by atoms with van der Waals surface area (Å²) in [7, 11) is 0. The largest absolute Gasteiger partial charge is 0.476 e. The second-order valence-electron chi connectivity index (χ2n) is 5.78. The van der Waals surface area contributed by atoms with E-state index >= 15 is 0 Å². The van der Waals surface area contributed by atoms with Crippen molar-refractivity contribution in [2.45, 2.75) is 50.7 Å². The lowest BCUT2D eigenvalue weighted by atomic mass is 9.85. The molecule has 1 spiro atoms. The molecule has 1 atom stereocenters. The van der Waals surface area contributed by atoms with Crippen LogP contribution in [0.3, 0.4) is 0 Å². The van der Waals surface area contributed by atoms with Crippen molar-refractivity contribution >= 4 is 17.7 Å². The molecule has 0 bridgehead atoms. The summed E-state index contributed by atoms with van der Waals surface area (Å²) in [6.07, 6.45) is 4.59. The van der Waals surface area contributed by atoms with Gasteiger partial charge in [0.2, 0.25) is 0 Å². The molecule has 0 amide bonds. The van der Waals surface area contributed by atoms with Crippen molar-refractivity contribution < 1.29 is 14.6 Å². The highest BCUT2D eigenvalue weighted by Gasteiger charge is 2.40. The van der Waals surface area contributed by atoms with Crippen molar-refractivity contribution in [2.24, 2.45) is 0 Å². The lowest BCUT2D eigenvalue weighted by molar-refractivity contribution is -0.101. The van der Waals surface area contributed by atoms with E-state index in [9.17, 15) is 9.90 Å². The third-order valence-electron chi connectivity index (χ3n) is 4.55. The fourth-order valence-corrected chi connectivity index (χ4v) is 4.64. The molecule has 1 aromatic rings. The van der Waals surface area contributed by atoms with Crippen LogP contribution in [-0.2, 0) is 11.2 Å². The fraction of sp³-hybridized carbons (Fsp3) is 0.786. The Morgan fingerprint density at radius 2 is 2.29 bits per heavy atom. The molecule has 1 N–H and O–H groups in total. The smallest absolute Gasteiger partial charge is 0.358 e. The maximum Gasteiger partial charge on any atom is 0.358 e. The molecule has 0 saturated carbocycles. The Morgan fingerprint density at radius 1 is 1.52 bits per heavy atom. The minimum atomic E-state index is -0.992. The number of hydrogen-bond donors (Lipinski definition) is 1. The second kappa shape index (κ2) is 5.96. The molecule has 2 fully saturated rings. The number of carbonyl (C=O) groups is 1. The van der Waals surface area contributed by atoms with Crippen molar-refractivity contribution in [1.82, 2.24) is 15.0 Å². The van der Waals surface area contributed by atoms with Gasteiger partial charge < -0.3 is 9.84 Å². The van der Waals surface area contributed by atoms with Gasteiger partial charge in [-0.3, -0.25) is 0 Å². The van der Waals surface area contributed by atoms with E-state index in [1.807, 2.05) is 23.4 Å². The Morgan fingerprint density at radius 3 is 2.95 bits per heavy atom. The summed E-state index contributed by atoms with van der Waals surface area (Å²) in [6.45, 7) is 2.68. The monoisotopic (exact) mass is 311 g/mol. The molecule has 3 heterocycles. The number of nitrogens with zero attached hydrogens (tertiary/aromatic N) is 3. The standard InChI is InChI=1S/C14H21N3O3S/c1-2-11-12(13(18)19)15-16-17(11)10-3-6-20-14(9-10)4-7-21-8-5-14/h10H,2-9H2,1H3,(H,18,19). The molecular weight excluding hydrogens is 290 g/mol. The minimum Gasteiger partial charge on any atom is -0.476 e. The molecule has 0 aromatic carbocycles. The van der Waals surface area contributed by atoms with Gasteiger partial charge in [0.25, 0.3) is 0 Å². The van der Waals surface area contributed by atoms with Gasteiger partial charge in [-0.2, -0.15) is 11.8 Å². The van der Waals surface area contributed by atoms with Crippen LogP contribution in [0.1, 0.15) is 54.8 Å². The van der Waals surface area contributed by atoms with Gasteiger partial charge in [-0.25, -0.2) is 9.48 Å². The van der Waals surface area contributed by atoms with Gasteiger partial charge >= 0.3 is 5.97 Å². The first-order chi connectivity index (χ1) is 10.2. The first-order valence-electron chi connectivity index (χ1n) is 7.54. The van der Waals surface area contributed by atoms with E-state index in [1.54, 1.807) is 0 Å². The first-order valence-corrected chi connectivity index (χ1v) is 8.70. The summed E-state index contributed by atoms with van der Waals surface area (Å²) in [6, 6.07) is 0.206. The maximum atomic E-state index is 11.2. The summed E-state index contributed by atoms with van der Waals surface area (Å²) in [5, 5.41) is 17.2. The van der Waals surface area contributed by atoms with Crippen LogP contribution < -0.4 is 0 Å². The van der Waals surface area contributed by atoms with Crippen LogP contribution in [0.5, 0.6) is 0 Å². The number of aromatic carboxylic acids is 1. The quantitative estimate of drug-likeness (QED) is 0.921. The van der Waals surface area contributed by atoms with E-state index < -0.39 is 5.97 Å². The molecule has 6 nitrogen and oxygen atoms in total. The predicted octanol–water partition coefficient (Wildman–Crippen LogP) is 2.16. The average Bonchev–Trinajstić information content (AvgIpc) is 2.92. The van der Waals surface area contributed by atoms with Gasteiger partial charge in [-0.15, -0.1) is 5.10 Å². The Labute approximate surface area is 128 Å². The zero-order valence-corrected chi connectivity index (χ0v) is 13.1. The fourth-order valence-electron chi connectivity index (χ4n) is 3.40. The van der Waals surface area contributed by atoms with Gasteiger partial charge in [0.05, 0.1) is 17.3 Å². The predicted molar refractivity (Wildman–Crippen MR) is 79.9 cm³/mol. The van der Waals surface area contributed by atoms with Gasteiger partial charge in [-0.05, 0) is 43.6 Å². The SMILES string of the molecule is CCc1c(C(=O)O)nnn1C1CCOC2(CCSCC2)C1. The Balaban J connectivity index is 1.84. The molecule has 1 unspecified atom stereocenters. The van der Waals surface area contributed by atoms with Crippen LogP contribution in [0.15, 0.2) is 0 Å². The van der Waals surface area contributed by atoms with Gasteiger partial charge in [0.15, 0.2) is 5.69 Å². The maximum absolute atomic E-state index is 11.2. The van der Waals surface area contributed by atoms with E-state index in [0.717, 1.165) is 49.5 Å². The third kappa shape index (κ3) is 2.81. The summed E-state index contributed by atoms with van der Waals surface area (Å²) >= 11 is 1.98. The van der Waals surface area contributed by atoms with Gasteiger partial charge in [0.1, 0.15) is 0 Å². The topological polar surface area (TPSA) is 77.2 Å². The number of carboxylic acids is 1. The molecular formula is C14H21N3O3S. The van der Waals surface area contributed by atoms with Crippen LogP contribution in [0, 0.1) is 0 Å². The van der Waals surface area contributed by atoms with E-state index in [1.165, 1.54) is 0 Å². The zero-order valence-electron chi connectivity index (χ0n) is 12.2. The summed E-state index contributed by atoms with van der Waals surface area (Å²) in [5.74, 6) is 1.30. The normalized spacial score (nSPS) is 25.1. The Kier molecular flexibility index (Phi) is 4.21. The molecule has 0 aliphatic carbocycles. The summed E-state index contributed by atoms with van der Waals surface area (Å²) in [4.78, 5) is 11.2. The number of ether oxygens (including phenoxy) is 1. The molecule has 3 rings (SSSR count). The highest BCUT2D eigenvalue weighted by atomic mass is 32.2. The number of carboxylic acid groups (broad SMARTS) is 1. The number of rotatable bonds is 3. The molecule has 0 radical (unpaired) electrons. The van der Waals surface area contributed by atoms with E-state index in [4.69, 9.17) is 4.74 Å². The molecule has 2 aliphatic rings. The Hall–Kier alpha value is -1.08. The van der Waals surface area contributed by atoms with E-state index in [0.29, 0.717) is 6.42 Å². The molecule has 2 saturated heterocycles. The Bertz CT molecular complexity index is 520. The molecule has 2 aliphatic heterocycles. The van der Waals surface area contributed by atoms with Gasteiger partial charge in [0, 0.05) is 6.61 Å². The lowest BCUT2D eigenvalue weighted by Gasteiger charge is -2.43. The van der Waals surface area contributed by atoms with Crippen molar-refractivity contribution in [1.29, 1.82) is 0 Å². The third-order valence-corrected chi connectivity index (χ3v) is 5.53. The van der Waals surface area contributed by atoms with Crippen LogP contribution in [0.2, 0.25) is 0 Å². The summed E-state index contributed by atoms with van der Waals surface area (Å²) < 4.78 is 7.94. The highest BCUT2D eigenvalue weighted by molar-refractivity contribution is 7.99. The average molecular weight is 311 g/mol. The number of aromatic nitrogens is 3. The van der Waals surface area contributed by atoms with E-state index in [-0.39, 0.29) is 17.3 Å². The molecule has 21 heavy (non-hydrogen) atoms. The minimum absolute atomic E-state index is 0.0332. The van der Waals surface area contributed by atoms with Crippen LogP contribution in [0.4, 0.5) is 0 Å². The van der Waals surface area contributed by atoms with E-state index in [2.05, 4.69) is 10.3 Å². The molecule has 116 valence electrons. The van der Waals surface area contributed by atoms with Crippen LogP contribution in [-0.4, -0.2) is 49.8 Å². The van der Waals surface area contributed by atoms with Crippen LogP contribution >= 0.6 is 11.8 Å². The lowest BCUT2D eigenvalue weighted by Crippen LogP contribution is -2.43. The van der Waals surface area contributed by atoms with Gasteiger partial charge in [-0.1, -0.05) is 12.1 Å². The molecule has 1 aromatic heterocycles. The molecule has 7 heteroatoms. The highest BCUT2D eigenvalue weighted by Crippen LogP contribution is 2.41. The van der Waals surface area contributed by atoms with Crippen molar-refractivity contribution in [3.8, 4) is 0 Å². The van der Waals surface area contributed by atoms with Crippen molar-refractivity contribution in [3.63, 3.8) is 0 Å².